The third-order valence-corrected chi connectivity index (χ3v) is 3.43. The van der Waals surface area contributed by atoms with Gasteiger partial charge in [-0.3, -0.25) is 10.1 Å². The molecule has 1 aromatic rings. The first kappa shape index (κ1) is 15.0. The van der Waals surface area contributed by atoms with E-state index >= 15 is 0 Å². The van der Waals surface area contributed by atoms with Gasteiger partial charge in [-0.15, -0.1) is 0 Å². The van der Waals surface area contributed by atoms with E-state index < -0.39 is 11.0 Å². The molecule has 1 aromatic heterocycles. The van der Waals surface area contributed by atoms with E-state index in [2.05, 4.69) is 4.98 Å². The van der Waals surface area contributed by atoms with Gasteiger partial charge in [0.2, 0.25) is 0 Å². The van der Waals surface area contributed by atoms with Gasteiger partial charge in [0, 0.05) is 19.1 Å². The molecule has 0 aromatic carbocycles. The van der Waals surface area contributed by atoms with Gasteiger partial charge in [0.05, 0.1) is 23.2 Å². The quantitative estimate of drug-likeness (QED) is 0.510. The second-order valence-corrected chi connectivity index (χ2v) is 5.61. The molecule has 0 radical (unpaired) electrons. The third kappa shape index (κ3) is 3.36. The number of likely N-dealkylation sites (N-methyl/N-ethyl adjacent to an activating group) is 1. The summed E-state index contributed by atoms with van der Waals surface area (Å²) < 4.78 is 0. The second-order valence-electron chi connectivity index (χ2n) is 5.22. The van der Waals surface area contributed by atoms with Gasteiger partial charge in [0.25, 0.3) is 5.69 Å². The molecular formula is C12H17ClN4O3. The highest BCUT2D eigenvalue weighted by atomic mass is 35.5. The van der Waals surface area contributed by atoms with Crippen LogP contribution in [0.5, 0.6) is 0 Å². The van der Waals surface area contributed by atoms with Crippen molar-refractivity contribution in [1.29, 1.82) is 0 Å². The first-order valence-corrected chi connectivity index (χ1v) is 6.66. The molecule has 0 amide bonds. The summed E-state index contributed by atoms with van der Waals surface area (Å²) in [6.45, 7) is 1.14. The Bertz CT molecular complexity index is 511. The van der Waals surface area contributed by atoms with Crippen LogP contribution >= 0.6 is 11.6 Å². The Labute approximate surface area is 121 Å². The maximum absolute atomic E-state index is 10.9. The fourth-order valence-electron chi connectivity index (χ4n) is 2.49. The summed E-state index contributed by atoms with van der Waals surface area (Å²) in [7, 11) is 3.88. The van der Waals surface area contributed by atoms with E-state index in [9.17, 15) is 15.2 Å². The highest BCUT2D eigenvalue weighted by Gasteiger charge is 2.33. The number of aromatic nitrogens is 1. The van der Waals surface area contributed by atoms with Gasteiger partial charge in [-0.25, -0.2) is 4.98 Å². The molecule has 2 heterocycles. The predicted octanol–water partition coefficient (Wildman–Crippen LogP) is 1.14. The first-order valence-electron chi connectivity index (χ1n) is 6.28. The molecule has 110 valence electrons. The Kier molecular flexibility index (Phi) is 4.42. The van der Waals surface area contributed by atoms with Crippen LogP contribution < -0.4 is 4.90 Å². The van der Waals surface area contributed by atoms with Crippen molar-refractivity contribution >= 4 is 23.1 Å². The molecule has 1 N–H and O–H groups in total. The molecule has 2 unspecified atom stereocenters. The van der Waals surface area contributed by atoms with Crippen molar-refractivity contribution in [1.82, 2.24) is 9.88 Å². The number of hydrogen-bond acceptors (Lipinski definition) is 6. The van der Waals surface area contributed by atoms with Crippen molar-refractivity contribution in [2.45, 2.75) is 18.6 Å². The number of nitro groups is 1. The van der Waals surface area contributed by atoms with E-state index in [-0.39, 0.29) is 16.9 Å². The molecule has 2 atom stereocenters. The third-order valence-electron chi connectivity index (χ3n) is 3.24. The largest absolute Gasteiger partial charge is 0.391 e. The Morgan fingerprint density at radius 2 is 2.30 bits per heavy atom. The van der Waals surface area contributed by atoms with Crippen molar-refractivity contribution < 1.29 is 10.0 Å². The van der Waals surface area contributed by atoms with Gasteiger partial charge in [-0.05, 0) is 20.5 Å². The van der Waals surface area contributed by atoms with E-state index in [1.54, 1.807) is 0 Å². The van der Waals surface area contributed by atoms with Gasteiger partial charge >= 0.3 is 0 Å². The molecule has 1 saturated heterocycles. The van der Waals surface area contributed by atoms with Crippen LogP contribution in [0, 0.1) is 10.1 Å². The summed E-state index contributed by atoms with van der Waals surface area (Å²) in [5, 5.41) is 20.8. The smallest absolute Gasteiger partial charge is 0.276 e. The maximum atomic E-state index is 10.9. The van der Waals surface area contributed by atoms with Crippen LogP contribution in [0.15, 0.2) is 12.1 Å². The molecule has 0 bridgehead atoms. The fraction of sp³-hybridized carbons (Fsp3) is 0.583. The van der Waals surface area contributed by atoms with Gasteiger partial charge in [-0.1, -0.05) is 11.6 Å². The first-order chi connectivity index (χ1) is 9.36. The van der Waals surface area contributed by atoms with Crippen molar-refractivity contribution in [3.63, 3.8) is 0 Å². The van der Waals surface area contributed by atoms with Gasteiger partial charge in [-0.2, -0.15) is 0 Å². The Morgan fingerprint density at radius 3 is 2.90 bits per heavy atom. The molecule has 0 spiro atoms. The number of pyridine rings is 1. The van der Waals surface area contributed by atoms with Crippen molar-refractivity contribution in [3.8, 4) is 0 Å². The monoisotopic (exact) mass is 300 g/mol. The molecule has 8 heteroatoms. The summed E-state index contributed by atoms with van der Waals surface area (Å²) in [5.74, 6) is 0.438. The molecule has 0 saturated carbocycles. The van der Waals surface area contributed by atoms with Crippen LogP contribution in [0.3, 0.4) is 0 Å². The SMILES string of the molecule is CN(C)CC1CC(O)CN1c1cc([N+](=O)[O-])cc(Cl)n1. The van der Waals surface area contributed by atoms with Gasteiger partial charge < -0.3 is 14.9 Å². The predicted molar refractivity (Wildman–Crippen MR) is 76.2 cm³/mol. The summed E-state index contributed by atoms with van der Waals surface area (Å²) in [4.78, 5) is 18.4. The van der Waals surface area contributed by atoms with Crippen LogP contribution in [0.25, 0.3) is 0 Å². The van der Waals surface area contributed by atoms with E-state index in [1.165, 1.54) is 12.1 Å². The topological polar surface area (TPSA) is 82.7 Å². The maximum Gasteiger partial charge on any atom is 0.276 e. The Hall–Kier alpha value is -1.44. The zero-order chi connectivity index (χ0) is 14.9. The van der Waals surface area contributed by atoms with Gasteiger partial charge in [0.15, 0.2) is 0 Å². The molecule has 1 aliphatic heterocycles. The van der Waals surface area contributed by atoms with E-state index in [1.807, 2.05) is 23.9 Å². The Morgan fingerprint density at radius 1 is 1.60 bits per heavy atom. The number of hydrogen-bond donors (Lipinski definition) is 1. The number of β-amino-alcohol motifs (C(OH)–C–C–N with tert-alkyl or cyclic N) is 1. The fourth-order valence-corrected chi connectivity index (χ4v) is 2.69. The van der Waals surface area contributed by atoms with Crippen molar-refractivity contribution in [2.24, 2.45) is 0 Å². The van der Waals surface area contributed by atoms with Crippen LogP contribution in [-0.4, -0.2) is 59.2 Å². The van der Waals surface area contributed by atoms with Crippen LogP contribution in [-0.2, 0) is 0 Å². The minimum atomic E-state index is -0.496. The zero-order valence-electron chi connectivity index (χ0n) is 11.4. The lowest BCUT2D eigenvalue weighted by atomic mass is 10.2. The lowest BCUT2D eigenvalue weighted by molar-refractivity contribution is -0.384. The average molecular weight is 301 g/mol. The minimum Gasteiger partial charge on any atom is -0.391 e. The van der Waals surface area contributed by atoms with Crippen molar-refractivity contribution in [2.75, 3.05) is 32.1 Å². The number of nitrogens with zero attached hydrogens (tertiary/aromatic N) is 4. The lowest BCUT2D eigenvalue weighted by Gasteiger charge is -2.27. The van der Waals surface area contributed by atoms with Crippen molar-refractivity contribution in [3.05, 3.63) is 27.4 Å². The lowest BCUT2D eigenvalue weighted by Crippen LogP contribution is -2.38. The molecule has 0 aliphatic carbocycles. The van der Waals surface area contributed by atoms with E-state index in [0.29, 0.717) is 18.8 Å². The molecule has 1 fully saturated rings. The van der Waals surface area contributed by atoms with Gasteiger partial charge in [0.1, 0.15) is 11.0 Å². The molecule has 7 nitrogen and oxygen atoms in total. The van der Waals surface area contributed by atoms with Crippen LogP contribution in [0.4, 0.5) is 11.5 Å². The van der Waals surface area contributed by atoms with Crippen LogP contribution in [0.1, 0.15) is 6.42 Å². The summed E-state index contributed by atoms with van der Waals surface area (Å²) in [6, 6.07) is 2.68. The minimum absolute atomic E-state index is 0.0607. The standard InChI is InChI=1S/C12H17ClN4O3/c1-15(2)6-9-3-10(18)7-16(9)12-5-8(17(19)20)4-11(13)14-12/h4-5,9-10,18H,3,6-7H2,1-2H3. The number of halogens is 1. The normalized spacial score (nSPS) is 22.6. The molecule has 2 rings (SSSR count). The number of aliphatic hydroxyl groups is 1. The Balaban J connectivity index is 2.31. The highest BCUT2D eigenvalue weighted by molar-refractivity contribution is 6.29. The van der Waals surface area contributed by atoms with Crippen LogP contribution in [0.2, 0.25) is 5.15 Å². The summed E-state index contributed by atoms with van der Waals surface area (Å²) in [6.07, 6.45) is 0.153. The second kappa shape index (κ2) is 5.90. The molecule has 20 heavy (non-hydrogen) atoms. The number of aliphatic hydroxyl groups excluding tert-OH is 1. The highest BCUT2D eigenvalue weighted by Crippen LogP contribution is 2.29. The zero-order valence-corrected chi connectivity index (χ0v) is 12.1. The average Bonchev–Trinajstić information content (AvgIpc) is 2.68. The van der Waals surface area contributed by atoms with E-state index in [0.717, 1.165) is 6.54 Å². The molecule has 1 aliphatic rings. The number of rotatable bonds is 4. The van der Waals surface area contributed by atoms with E-state index in [4.69, 9.17) is 11.6 Å². The number of anilines is 1. The summed E-state index contributed by atoms with van der Waals surface area (Å²) >= 11 is 5.85. The summed E-state index contributed by atoms with van der Waals surface area (Å²) in [5.41, 5.74) is -0.0926. The molecular weight excluding hydrogens is 284 g/mol.